The summed E-state index contributed by atoms with van der Waals surface area (Å²) in [7, 11) is 1.72. The van der Waals surface area contributed by atoms with E-state index in [1.165, 1.54) is 21.5 Å². The molecule has 1 aromatic carbocycles. The van der Waals surface area contributed by atoms with Gasteiger partial charge in [0.25, 0.3) is 12.3 Å². The van der Waals surface area contributed by atoms with Crippen molar-refractivity contribution in [3.63, 3.8) is 0 Å². The molecular formula is C45H57F2N11O6. The number of rotatable bonds is 13. The number of likely N-dealkylation sites (tertiary alicyclic amines) is 1. The van der Waals surface area contributed by atoms with Gasteiger partial charge in [0.1, 0.15) is 17.4 Å². The lowest BCUT2D eigenvalue weighted by atomic mass is 9.85. The predicted molar refractivity (Wildman–Crippen MR) is 234 cm³/mol. The fourth-order valence-electron chi connectivity index (χ4n) is 10.1. The van der Waals surface area contributed by atoms with Crippen molar-refractivity contribution >= 4 is 45.9 Å². The maximum atomic E-state index is 14.3. The van der Waals surface area contributed by atoms with E-state index in [-0.39, 0.29) is 41.4 Å². The molecule has 1 unspecified atom stereocenters. The normalized spacial score (nSPS) is 22.5. The van der Waals surface area contributed by atoms with Crippen LogP contribution in [0.2, 0.25) is 0 Å². The van der Waals surface area contributed by atoms with Gasteiger partial charge in [-0.05, 0) is 101 Å². The summed E-state index contributed by atoms with van der Waals surface area (Å²) in [6.07, 6.45) is 10.5. The number of carbonyl (C=O) groups is 3. The molecule has 3 amide bonds. The van der Waals surface area contributed by atoms with Crippen LogP contribution in [-0.2, 0) is 27.8 Å². The Labute approximate surface area is 368 Å². The second-order valence-corrected chi connectivity index (χ2v) is 18.4. The van der Waals surface area contributed by atoms with Crippen LogP contribution in [0.4, 0.5) is 20.3 Å². The van der Waals surface area contributed by atoms with E-state index in [2.05, 4.69) is 25.7 Å². The molecule has 19 heteroatoms. The van der Waals surface area contributed by atoms with Crippen molar-refractivity contribution in [1.29, 1.82) is 0 Å². The number of benzene rings is 1. The van der Waals surface area contributed by atoms with Crippen molar-refractivity contribution in [3.8, 4) is 0 Å². The van der Waals surface area contributed by atoms with Gasteiger partial charge in [-0.3, -0.25) is 33.5 Å². The Kier molecular flexibility index (Phi) is 12.4. The summed E-state index contributed by atoms with van der Waals surface area (Å²) in [6.45, 7) is 6.53. The lowest BCUT2D eigenvalue weighted by Crippen LogP contribution is -2.44. The Balaban J connectivity index is 0.730. The number of alkyl halides is 2. The molecule has 5 aromatic rings. The molecule has 3 saturated heterocycles. The summed E-state index contributed by atoms with van der Waals surface area (Å²) >= 11 is 0. The number of aliphatic hydroxyl groups is 1. The van der Waals surface area contributed by atoms with Crippen LogP contribution >= 0.6 is 0 Å². The maximum Gasteiger partial charge on any atom is 0.329 e. The van der Waals surface area contributed by atoms with Gasteiger partial charge in [0.2, 0.25) is 11.8 Å². The highest BCUT2D eigenvalue weighted by Gasteiger charge is 2.33. The molecule has 1 saturated carbocycles. The zero-order valence-corrected chi connectivity index (χ0v) is 36.4. The van der Waals surface area contributed by atoms with Crippen LogP contribution in [0.1, 0.15) is 118 Å². The first kappa shape index (κ1) is 43.7. The molecule has 4 aliphatic rings. The minimum atomic E-state index is -2.87. The summed E-state index contributed by atoms with van der Waals surface area (Å²) in [5.74, 6) is -0.205. The molecule has 0 spiro atoms. The van der Waals surface area contributed by atoms with Crippen molar-refractivity contribution in [2.75, 3.05) is 49.5 Å². The molecule has 1 aliphatic carbocycles. The minimum absolute atomic E-state index is 0.0213. The van der Waals surface area contributed by atoms with Crippen LogP contribution in [-0.4, -0.2) is 112 Å². The van der Waals surface area contributed by atoms with Crippen LogP contribution < -0.4 is 21.2 Å². The van der Waals surface area contributed by atoms with E-state index in [9.17, 15) is 33.1 Å². The highest BCUT2D eigenvalue weighted by molar-refractivity contribution is 6.08. The van der Waals surface area contributed by atoms with Gasteiger partial charge in [-0.15, -0.1) is 0 Å². The first-order valence-electron chi connectivity index (χ1n) is 22.7. The van der Waals surface area contributed by atoms with E-state index < -0.39 is 35.6 Å². The third-order valence-corrected chi connectivity index (χ3v) is 13.9. The number of halogens is 2. The number of aromatic nitrogens is 7. The molecule has 3 N–H and O–H groups in total. The van der Waals surface area contributed by atoms with Crippen molar-refractivity contribution in [1.82, 2.24) is 43.7 Å². The van der Waals surface area contributed by atoms with E-state index in [0.29, 0.717) is 61.9 Å². The third kappa shape index (κ3) is 9.06. The molecule has 0 bridgehead atoms. The fraction of sp³-hybridized carbons (Fsp3) is 0.578. The maximum absolute atomic E-state index is 14.3. The molecule has 3 aliphatic heterocycles. The van der Waals surface area contributed by atoms with Gasteiger partial charge in [0, 0.05) is 65.2 Å². The highest BCUT2D eigenvalue weighted by Crippen LogP contribution is 2.36. The van der Waals surface area contributed by atoms with E-state index in [1.54, 1.807) is 22.5 Å². The van der Waals surface area contributed by atoms with Gasteiger partial charge in [-0.1, -0.05) is 12.1 Å². The second kappa shape index (κ2) is 18.2. The Morgan fingerprint density at radius 2 is 1.80 bits per heavy atom. The Morgan fingerprint density at radius 3 is 2.53 bits per heavy atom. The molecule has 342 valence electrons. The van der Waals surface area contributed by atoms with Crippen LogP contribution in [0.15, 0.2) is 47.7 Å². The van der Waals surface area contributed by atoms with Gasteiger partial charge in [-0.2, -0.15) is 10.2 Å². The van der Waals surface area contributed by atoms with Crippen LogP contribution in [0.25, 0.3) is 16.7 Å². The van der Waals surface area contributed by atoms with Crippen molar-refractivity contribution in [2.45, 2.75) is 114 Å². The van der Waals surface area contributed by atoms with Gasteiger partial charge in [0.05, 0.1) is 40.7 Å². The number of aryl methyl sites for hydroxylation is 2. The summed E-state index contributed by atoms with van der Waals surface area (Å²) in [6, 6.07) is 6.82. The number of carbonyl (C=O) groups excluding carboxylic acids is 3. The molecule has 9 rings (SSSR count). The molecular weight excluding hydrogens is 829 g/mol. The summed E-state index contributed by atoms with van der Waals surface area (Å²) in [4.78, 5) is 60.4. The second-order valence-electron chi connectivity index (χ2n) is 18.4. The molecule has 7 heterocycles. The SMILES string of the molecule is Cn1c(=O)n(C2CCC(=O)NC2=O)c2cccc(CCCOC3CCN(CC4CCC(n5cc(NC(=O)c6cnn7ccc(N8CCC(C)(O)CC8)nc67)c(C(F)F)n5)CC4)CC3)c21. The van der Waals surface area contributed by atoms with Crippen LogP contribution in [0, 0.1) is 5.92 Å². The number of anilines is 2. The van der Waals surface area contributed by atoms with E-state index in [1.807, 2.05) is 36.1 Å². The number of nitrogens with one attached hydrogen (secondary N) is 2. The number of imide groups is 1. The largest absolute Gasteiger partial charge is 0.390 e. The number of nitrogens with zero attached hydrogens (tertiary/aromatic N) is 9. The number of imidazole rings is 1. The van der Waals surface area contributed by atoms with E-state index >= 15 is 0 Å². The van der Waals surface area contributed by atoms with Gasteiger partial charge in [-0.25, -0.2) is 23.1 Å². The molecule has 0 radical (unpaired) electrons. The Bertz CT molecular complexity index is 2570. The van der Waals surface area contributed by atoms with Gasteiger partial charge < -0.3 is 25.0 Å². The molecule has 4 fully saturated rings. The number of piperidine rings is 3. The average Bonchev–Trinajstić information content (AvgIpc) is 3.97. The molecule has 1 atom stereocenters. The zero-order valence-electron chi connectivity index (χ0n) is 36.4. The van der Waals surface area contributed by atoms with Gasteiger partial charge in [0.15, 0.2) is 11.3 Å². The minimum Gasteiger partial charge on any atom is -0.390 e. The number of fused-ring (bicyclic) bond motifs is 2. The quantitative estimate of drug-likeness (QED) is 0.107. The lowest BCUT2D eigenvalue weighted by molar-refractivity contribution is -0.135. The van der Waals surface area contributed by atoms with E-state index in [4.69, 9.17) is 9.72 Å². The summed E-state index contributed by atoms with van der Waals surface area (Å²) in [5, 5.41) is 24.0. The predicted octanol–water partition coefficient (Wildman–Crippen LogP) is 4.94. The first-order chi connectivity index (χ1) is 30.8. The Hall–Kier alpha value is -5.53. The van der Waals surface area contributed by atoms with Crippen LogP contribution in [0.5, 0.6) is 0 Å². The first-order valence-corrected chi connectivity index (χ1v) is 22.7. The number of hydrogen-bond donors (Lipinski definition) is 3. The third-order valence-electron chi connectivity index (χ3n) is 13.9. The summed E-state index contributed by atoms with van der Waals surface area (Å²) < 4.78 is 41.1. The lowest BCUT2D eigenvalue weighted by Gasteiger charge is -2.36. The monoisotopic (exact) mass is 885 g/mol. The van der Waals surface area contributed by atoms with E-state index in [0.717, 1.165) is 82.1 Å². The zero-order chi connectivity index (χ0) is 44.7. The average molecular weight is 886 g/mol. The summed E-state index contributed by atoms with van der Waals surface area (Å²) in [5.41, 5.74) is 1.51. The number of ether oxygens (including phenoxy) is 1. The standard InChI is InChI=1S/C45H57F2N11O6/c1-45(63)17-22-55(23-18-45)36-16-21-56-41(50-36)32(25-48-56)42(60)49-33-27-57(52-38(33)40(46)47)30-10-8-28(9-11-30)26-54-19-14-31(15-20-54)64-24-4-6-29-5-3-7-34-39(29)53(2)44(62)58(34)35-12-13-37(59)51-43(35)61/h3,5,7,16,21,25,27-28,30-31,35,40,63H,4,6,8-15,17-20,22-24,26H2,1-2H3,(H,49,60)(H,51,59,61). The smallest absolute Gasteiger partial charge is 0.329 e. The number of amides is 3. The van der Waals surface area contributed by atoms with Crippen LogP contribution in [0.3, 0.4) is 0 Å². The highest BCUT2D eigenvalue weighted by atomic mass is 19.3. The number of hydrogen-bond acceptors (Lipinski definition) is 11. The number of para-hydroxylation sites is 1. The molecule has 17 nitrogen and oxygen atoms in total. The topological polar surface area (TPSA) is 186 Å². The Morgan fingerprint density at radius 1 is 1.03 bits per heavy atom. The van der Waals surface area contributed by atoms with Crippen molar-refractivity contribution in [3.05, 3.63) is 70.2 Å². The molecule has 4 aromatic heterocycles. The molecule has 64 heavy (non-hydrogen) atoms. The van der Waals surface area contributed by atoms with Crippen molar-refractivity contribution in [2.24, 2.45) is 13.0 Å². The van der Waals surface area contributed by atoms with Gasteiger partial charge >= 0.3 is 5.69 Å². The fourth-order valence-corrected chi connectivity index (χ4v) is 10.1. The van der Waals surface area contributed by atoms with Crippen molar-refractivity contribution < 1.29 is 33.0 Å².